The number of nitrogens with one attached hydrogen (secondary N) is 4. The number of carbonyl (C=O) groups is 4. The maximum Gasteiger partial charge on any atom is 0.243 e. The van der Waals surface area contributed by atoms with Gasteiger partial charge in [0, 0.05) is 37.4 Å². The summed E-state index contributed by atoms with van der Waals surface area (Å²) in [5, 5.41) is 12.5. The van der Waals surface area contributed by atoms with Crippen molar-refractivity contribution in [3.05, 3.63) is 24.3 Å². The minimum absolute atomic E-state index is 0.0708. The molecule has 2 atom stereocenters. The van der Waals surface area contributed by atoms with Crippen molar-refractivity contribution in [1.82, 2.24) is 21.3 Å². The molecule has 0 aliphatic rings. The summed E-state index contributed by atoms with van der Waals surface area (Å²) in [5.74, 6) is 0.377. The number of amides is 4. The van der Waals surface area contributed by atoms with Gasteiger partial charge in [-0.15, -0.1) is 0 Å². The molecule has 4 amide bonds. The van der Waals surface area contributed by atoms with Gasteiger partial charge in [0.1, 0.15) is 12.1 Å². The number of carbonyl (C=O) groups excluding carboxylic acids is 4. The molecule has 4 N–H and O–H groups in total. The zero-order valence-corrected chi connectivity index (χ0v) is 58.0. The molecule has 0 aliphatic carbocycles. The molecule has 494 valence electrons. The second-order valence-electron chi connectivity index (χ2n) is 25.3. The SMILES string of the molecule is CCCCCCCC/C=C/CCCCCCCC(=O)NC(CSSCC(NC(=O)CCCCCCC/C=C/CCCCCCCC)C(=O)NCCCCCCCCCCCCCCCC)C(=O)NCCCCCCCCCCCCCCCC. The quantitative estimate of drug-likeness (QED) is 0.0274. The van der Waals surface area contributed by atoms with Crippen LogP contribution in [-0.2, 0) is 19.2 Å². The number of hydrogen-bond acceptors (Lipinski definition) is 6. The third kappa shape index (κ3) is 63.1. The molecule has 0 aliphatic heterocycles. The number of unbranched alkanes of at least 4 members (excludes halogenated alkanes) is 48. The van der Waals surface area contributed by atoms with E-state index < -0.39 is 12.1 Å². The number of rotatable bonds is 69. The predicted octanol–water partition coefficient (Wildman–Crippen LogP) is 22.6. The van der Waals surface area contributed by atoms with Crippen molar-refractivity contribution in [3.8, 4) is 0 Å². The lowest BCUT2D eigenvalue weighted by Crippen LogP contribution is -2.49. The zero-order valence-electron chi connectivity index (χ0n) is 56.3. The first-order valence-corrected chi connectivity index (χ1v) is 39.6. The van der Waals surface area contributed by atoms with Crippen LogP contribution in [0.5, 0.6) is 0 Å². The van der Waals surface area contributed by atoms with Crippen LogP contribution in [0.4, 0.5) is 0 Å². The molecule has 0 bridgehead atoms. The molecule has 0 spiro atoms. The topological polar surface area (TPSA) is 116 Å². The summed E-state index contributed by atoms with van der Waals surface area (Å²) in [6, 6.07) is -1.32. The van der Waals surface area contributed by atoms with E-state index in [1.807, 2.05) is 0 Å². The van der Waals surface area contributed by atoms with Crippen LogP contribution in [0.15, 0.2) is 24.3 Å². The molecule has 0 rings (SSSR count). The van der Waals surface area contributed by atoms with Gasteiger partial charge >= 0.3 is 0 Å². The zero-order chi connectivity index (χ0) is 61.0. The highest BCUT2D eigenvalue weighted by atomic mass is 33.1. The van der Waals surface area contributed by atoms with E-state index in [2.05, 4.69) is 73.3 Å². The lowest BCUT2D eigenvalue weighted by Gasteiger charge is -2.20. The van der Waals surface area contributed by atoms with Gasteiger partial charge in [-0.05, 0) is 77.0 Å². The summed E-state index contributed by atoms with van der Waals surface area (Å²) in [6.07, 6.45) is 77.9. The molecule has 0 saturated heterocycles. The summed E-state index contributed by atoms with van der Waals surface area (Å²) in [7, 11) is 3.01. The Morgan fingerprint density at radius 3 is 0.714 bits per heavy atom. The number of hydrogen-bond donors (Lipinski definition) is 4. The smallest absolute Gasteiger partial charge is 0.243 e. The van der Waals surface area contributed by atoms with Crippen LogP contribution in [-0.4, -0.2) is 60.3 Å². The average Bonchev–Trinajstić information content (AvgIpc) is 3.49. The van der Waals surface area contributed by atoms with Gasteiger partial charge in [-0.2, -0.15) is 0 Å². The Bertz CT molecular complexity index is 1360. The van der Waals surface area contributed by atoms with Crippen LogP contribution in [0.25, 0.3) is 0 Å². The van der Waals surface area contributed by atoms with E-state index in [1.165, 1.54) is 291 Å². The third-order valence-electron chi connectivity index (χ3n) is 16.8. The monoisotopic (exact) mass is 1220 g/mol. The summed E-state index contributed by atoms with van der Waals surface area (Å²) in [5.41, 5.74) is 0. The highest BCUT2D eigenvalue weighted by molar-refractivity contribution is 8.76. The molecule has 10 heteroatoms. The van der Waals surface area contributed by atoms with Gasteiger partial charge < -0.3 is 21.3 Å². The predicted molar refractivity (Wildman–Crippen MR) is 374 cm³/mol. The molecular formula is C74H142N4O4S2. The van der Waals surface area contributed by atoms with Crippen LogP contribution in [0, 0.1) is 0 Å². The molecule has 0 fully saturated rings. The summed E-state index contributed by atoms with van der Waals surface area (Å²) in [6.45, 7) is 10.3. The largest absolute Gasteiger partial charge is 0.354 e. The maximum atomic E-state index is 13.7. The van der Waals surface area contributed by atoms with Gasteiger partial charge in [0.2, 0.25) is 23.6 Å². The van der Waals surface area contributed by atoms with Gasteiger partial charge in [-0.3, -0.25) is 19.2 Å². The lowest BCUT2D eigenvalue weighted by molar-refractivity contribution is -0.128. The summed E-state index contributed by atoms with van der Waals surface area (Å²) in [4.78, 5) is 54.2. The third-order valence-corrected chi connectivity index (χ3v) is 19.3. The maximum absolute atomic E-state index is 13.7. The van der Waals surface area contributed by atoms with Crippen molar-refractivity contribution in [2.45, 2.75) is 399 Å². The van der Waals surface area contributed by atoms with Gasteiger partial charge in [0.05, 0.1) is 0 Å². The fourth-order valence-corrected chi connectivity index (χ4v) is 13.5. The Labute approximate surface area is 530 Å². The molecule has 0 aromatic carbocycles. The normalized spacial score (nSPS) is 12.4. The second kappa shape index (κ2) is 70.2. The van der Waals surface area contributed by atoms with Crippen LogP contribution >= 0.6 is 21.6 Å². The Kier molecular flexibility index (Phi) is 68.5. The van der Waals surface area contributed by atoms with Crippen LogP contribution in [0.2, 0.25) is 0 Å². The van der Waals surface area contributed by atoms with Crippen molar-refractivity contribution >= 4 is 45.2 Å². The van der Waals surface area contributed by atoms with Gasteiger partial charge in [-0.25, -0.2) is 0 Å². The van der Waals surface area contributed by atoms with Gasteiger partial charge in [0.25, 0.3) is 0 Å². The molecule has 0 radical (unpaired) electrons. The Morgan fingerprint density at radius 1 is 0.274 bits per heavy atom. The van der Waals surface area contributed by atoms with Crippen molar-refractivity contribution in [2.24, 2.45) is 0 Å². The van der Waals surface area contributed by atoms with E-state index in [0.29, 0.717) is 37.4 Å². The minimum atomic E-state index is -0.659. The molecule has 0 aromatic heterocycles. The van der Waals surface area contributed by atoms with E-state index in [0.717, 1.165) is 77.0 Å². The van der Waals surface area contributed by atoms with E-state index in [4.69, 9.17) is 0 Å². The molecule has 84 heavy (non-hydrogen) atoms. The fraction of sp³-hybridized carbons (Fsp3) is 0.892. The van der Waals surface area contributed by atoms with Gasteiger partial charge in [0.15, 0.2) is 0 Å². The molecule has 0 aromatic rings. The first-order valence-electron chi connectivity index (χ1n) is 37.1. The summed E-state index contributed by atoms with van der Waals surface area (Å²) >= 11 is 0. The minimum Gasteiger partial charge on any atom is -0.354 e. The highest BCUT2D eigenvalue weighted by Crippen LogP contribution is 2.24. The molecule has 0 heterocycles. The van der Waals surface area contributed by atoms with E-state index >= 15 is 0 Å². The average molecular weight is 1220 g/mol. The van der Waals surface area contributed by atoms with E-state index in [-0.39, 0.29) is 23.6 Å². The van der Waals surface area contributed by atoms with E-state index in [1.54, 1.807) is 0 Å². The Morgan fingerprint density at radius 2 is 0.476 bits per heavy atom. The Balaban J connectivity index is 5.22. The van der Waals surface area contributed by atoms with Crippen LogP contribution in [0.3, 0.4) is 0 Å². The highest BCUT2D eigenvalue weighted by Gasteiger charge is 2.24. The molecule has 2 unspecified atom stereocenters. The molecular weight excluding hydrogens is 1070 g/mol. The number of allylic oxidation sites excluding steroid dienone is 4. The van der Waals surface area contributed by atoms with Crippen molar-refractivity contribution in [3.63, 3.8) is 0 Å². The van der Waals surface area contributed by atoms with Crippen molar-refractivity contribution in [2.75, 3.05) is 24.6 Å². The van der Waals surface area contributed by atoms with Crippen LogP contribution in [0.1, 0.15) is 387 Å². The molecule has 8 nitrogen and oxygen atoms in total. The fourth-order valence-electron chi connectivity index (χ4n) is 11.2. The lowest BCUT2D eigenvalue weighted by atomic mass is 10.0. The first-order chi connectivity index (χ1) is 41.4. The van der Waals surface area contributed by atoms with Crippen molar-refractivity contribution in [1.29, 1.82) is 0 Å². The standard InChI is InChI=1S/C74H142N4O4S2/c1-5-9-13-17-21-25-29-33-37-39-43-47-51-55-59-63-71(79)77-69(73(81)75-65-61-57-53-49-45-41-35-31-27-23-19-15-11-7-3)67-83-84-68-70(74(82)76-66-62-58-54-50-46-42-36-32-28-24-20-16-12-8-4)78-72(80)64-60-56-52-48-44-40-38-34-30-26-22-18-14-10-6-2/h33-34,37-38,69-70H,5-32,35-36,39-68H2,1-4H3,(H,75,81)(H,76,82)(H,77,79)(H,78,80)/b37-33+,38-34+. The van der Waals surface area contributed by atoms with E-state index in [9.17, 15) is 19.2 Å². The van der Waals surface area contributed by atoms with Gasteiger partial charge in [-0.1, -0.05) is 343 Å². The second-order valence-corrected chi connectivity index (χ2v) is 27.8. The first kappa shape index (κ1) is 82.1. The molecule has 0 saturated carbocycles. The summed E-state index contributed by atoms with van der Waals surface area (Å²) < 4.78 is 0. The van der Waals surface area contributed by atoms with Crippen molar-refractivity contribution < 1.29 is 19.2 Å². The Hall–Kier alpha value is -1.94. The van der Waals surface area contributed by atoms with Crippen LogP contribution < -0.4 is 21.3 Å².